The van der Waals surface area contributed by atoms with Crippen molar-refractivity contribution < 1.29 is 0 Å². The number of hydrogen-bond acceptors (Lipinski definition) is 0. The predicted octanol–water partition coefficient (Wildman–Crippen LogP) is 12.5. The maximum atomic E-state index is 2.38. The summed E-state index contributed by atoms with van der Waals surface area (Å²) in [5.41, 5.74) is 7.44. The molecule has 0 heteroatoms. The molecule has 0 heterocycles. The molecule has 204 valence electrons. The summed E-state index contributed by atoms with van der Waals surface area (Å²) >= 11 is 0. The summed E-state index contributed by atoms with van der Waals surface area (Å²) in [6.07, 6.45) is 0. The van der Waals surface area contributed by atoms with Gasteiger partial charge in [-0.05, 0) is 112 Å². The van der Waals surface area contributed by atoms with Gasteiger partial charge < -0.3 is 0 Å². The Bertz CT molecular complexity index is 2510. The van der Waals surface area contributed by atoms with Gasteiger partial charge in [-0.15, -0.1) is 0 Å². The Labute approximate surface area is 256 Å². The van der Waals surface area contributed by atoms with Gasteiger partial charge in [-0.2, -0.15) is 0 Å². The van der Waals surface area contributed by atoms with Crippen LogP contribution < -0.4 is 0 Å². The van der Waals surface area contributed by atoms with Crippen LogP contribution in [0.5, 0.6) is 0 Å². The summed E-state index contributed by atoms with van der Waals surface area (Å²) < 4.78 is 0. The van der Waals surface area contributed by atoms with Crippen molar-refractivity contribution in [1.82, 2.24) is 0 Å². The molecule has 0 amide bonds. The number of benzene rings is 9. The Hall–Kier alpha value is -5.72. The lowest BCUT2D eigenvalue weighted by atomic mass is 9.91. The summed E-state index contributed by atoms with van der Waals surface area (Å²) in [4.78, 5) is 0. The van der Waals surface area contributed by atoms with Crippen LogP contribution in [0.25, 0.3) is 87.2 Å². The van der Waals surface area contributed by atoms with Gasteiger partial charge in [-0.1, -0.05) is 146 Å². The fourth-order valence-corrected chi connectivity index (χ4v) is 7.04. The van der Waals surface area contributed by atoms with Crippen molar-refractivity contribution in [2.24, 2.45) is 0 Å². The normalized spacial score (nSPS) is 11.6. The van der Waals surface area contributed by atoms with Gasteiger partial charge >= 0.3 is 0 Å². The molecule has 0 aliphatic heterocycles. The largest absolute Gasteiger partial charge is 0.0616 e. The maximum absolute atomic E-state index is 2.38. The van der Waals surface area contributed by atoms with Crippen LogP contribution in [0.3, 0.4) is 0 Å². The molecule has 0 aliphatic rings. The summed E-state index contributed by atoms with van der Waals surface area (Å²) in [6.45, 7) is 0. The second-order valence-corrected chi connectivity index (χ2v) is 11.7. The first-order chi connectivity index (χ1) is 21.8. The lowest BCUT2D eigenvalue weighted by Gasteiger charge is -2.13. The van der Waals surface area contributed by atoms with E-state index in [2.05, 4.69) is 170 Å². The zero-order valence-corrected chi connectivity index (χ0v) is 24.2. The van der Waals surface area contributed by atoms with Crippen LogP contribution >= 0.6 is 0 Å². The Morgan fingerprint density at radius 3 is 1.41 bits per heavy atom. The van der Waals surface area contributed by atoms with E-state index in [-0.39, 0.29) is 0 Å². The van der Waals surface area contributed by atoms with E-state index < -0.39 is 0 Å². The topological polar surface area (TPSA) is 0 Å². The molecule has 0 spiro atoms. The summed E-state index contributed by atoms with van der Waals surface area (Å²) in [6, 6.07) is 62.3. The van der Waals surface area contributed by atoms with E-state index in [9.17, 15) is 0 Å². The fourth-order valence-electron chi connectivity index (χ4n) is 7.04. The van der Waals surface area contributed by atoms with Crippen LogP contribution in [0.4, 0.5) is 0 Å². The minimum atomic E-state index is 1.23. The van der Waals surface area contributed by atoms with E-state index in [1.165, 1.54) is 87.2 Å². The standard InChI is InChI=1S/C44H28/c1-2-13-37-30(9-1)10-8-18-38(37)35-22-20-29-19-21-33(26-36(29)27-35)31-11-7-12-32(25-31)34-23-24-43-41-16-4-3-14-39(41)40-15-5-6-17-42(40)44(43)28-34/h1-28H. The maximum Gasteiger partial charge on any atom is -0.00928 e. The Morgan fingerprint density at radius 2 is 0.682 bits per heavy atom. The number of hydrogen-bond donors (Lipinski definition) is 0. The quantitative estimate of drug-likeness (QED) is 0.190. The highest BCUT2D eigenvalue weighted by Crippen LogP contribution is 2.38. The van der Waals surface area contributed by atoms with Gasteiger partial charge in [-0.25, -0.2) is 0 Å². The van der Waals surface area contributed by atoms with E-state index in [0.717, 1.165) is 0 Å². The Morgan fingerprint density at radius 1 is 0.205 bits per heavy atom. The molecule has 9 aromatic carbocycles. The first kappa shape index (κ1) is 24.8. The SMILES string of the molecule is c1cc(-c2ccc3ccc(-c4cccc5ccccc45)cc3c2)cc(-c2ccc3c4ccccc4c4ccccc4c3c2)c1. The molecule has 0 aliphatic carbocycles. The Kier molecular flexibility index (Phi) is 5.61. The summed E-state index contributed by atoms with van der Waals surface area (Å²) in [5, 5.41) is 12.9. The van der Waals surface area contributed by atoms with Crippen molar-refractivity contribution >= 4 is 53.9 Å². The van der Waals surface area contributed by atoms with Crippen molar-refractivity contribution in [2.75, 3.05) is 0 Å². The molecule has 0 saturated carbocycles. The molecule has 9 aromatic rings. The minimum absolute atomic E-state index is 1.23. The predicted molar refractivity (Wildman–Crippen MR) is 190 cm³/mol. The van der Waals surface area contributed by atoms with Crippen LogP contribution in [-0.4, -0.2) is 0 Å². The van der Waals surface area contributed by atoms with Gasteiger partial charge in [0.1, 0.15) is 0 Å². The van der Waals surface area contributed by atoms with Gasteiger partial charge in [0.25, 0.3) is 0 Å². The highest BCUT2D eigenvalue weighted by molar-refractivity contribution is 6.25. The third-order valence-electron chi connectivity index (χ3n) is 9.21. The average Bonchev–Trinajstić information content (AvgIpc) is 3.11. The van der Waals surface area contributed by atoms with Crippen molar-refractivity contribution in [3.8, 4) is 33.4 Å². The van der Waals surface area contributed by atoms with Gasteiger partial charge in [0.05, 0.1) is 0 Å². The van der Waals surface area contributed by atoms with Gasteiger partial charge in [0.15, 0.2) is 0 Å². The average molecular weight is 557 g/mol. The molecule has 0 bridgehead atoms. The van der Waals surface area contributed by atoms with Crippen molar-refractivity contribution in [1.29, 1.82) is 0 Å². The molecule has 0 N–H and O–H groups in total. The highest BCUT2D eigenvalue weighted by atomic mass is 14.1. The second kappa shape index (κ2) is 9.93. The molecule has 0 atom stereocenters. The molecular formula is C44H28. The lowest BCUT2D eigenvalue weighted by molar-refractivity contribution is 1.61. The van der Waals surface area contributed by atoms with Crippen LogP contribution in [0.2, 0.25) is 0 Å². The fraction of sp³-hybridized carbons (Fsp3) is 0. The third-order valence-corrected chi connectivity index (χ3v) is 9.21. The van der Waals surface area contributed by atoms with E-state index in [1.807, 2.05) is 0 Å². The monoisotopic (exact) mass is 556 g/mol. The lowest BCUT2D eigenvalue weighted by Crippen LogP contribution is -1.86. The first-order valence-electron chi connectivity index (χ1n) is 15.3. The van der Waals surface area contributed by atoms with Gasteiger partial charge in [0, 0.05) is 0 Å². The van der Waals surface area contributed by atoms with E-state index in [1.54, 1.807) is 0 Å². The van der Waals surface area contributed by atoms with E-state index in [0.29, 0.717) is 0 Å². The zero-order valence-electron chi connectivity index (χ0n) is 24.2. The van der Waals surface area contributed by atoms with Gasteiger partial charge in [0.2, 0.25) is 0 Å². The molecule has 0 fully saturated rings. The molecular weight excluding hydrogens is 528 g/mol. The van der Waals surface area contributed by atoms with Crippen LogP contribution in [0.1, 0.15) is 0 Å². The minimum Gasteiger partial charge on any atom is -0.0616 e. The van der Waals surface area contributed by atoms with Crippen molar-refractivity contribution in [3.63, 3.8) is 0 Å². The van der Waals surface area contributed by atoms with E-state index >= 15 is 0 Å². The highest BCUT2D eigenvalue weighted by Gasteiger charge is 2.11. The Balaban J connectivity index is 1.15. The second-order valence-electron chi connectivity index (χ2n) is 11.7. The van der Waals surface area contributed by atoms with Crippen LogP contribution in [-0.2, 0) is 0 Å². The molecule has 0 saturated heterocycles. The number of fused-ring (bicyclic) bond motifs is 8. The summed E-state index contributed by atoms with van der Waals surface area (Å²) in [5.74, 6) is 0. The molecule has 44 heavy (non-hydrogen) atoms. The molecule has 9 rings (SSSR count). The zero-order chi connectivity index (χ0) is 29.0. The third kappa shape index (κ3) is 4.00. The van der Waals surface area contributed by atoms with Crippen molar-refractivity contribution in [3.05, 3.63) is 170 Å². The van der Waals surface area contributed by atoms with E-state index in [4.69, 9.17) is 0 Å². The molecule has 0 aromatic heterocycles. The summed E-state index contributed by atoms with van der Waals surface area (Å²) in [7, 11) is 0. The van der Waals surface area contributed by atoms with Crippen molar-refractivity contribution in [2.45, 2.75) is 0 Å². The van der Waals surface area contributed by atoms with Crippen LogP contribution in [0, 0.1) is 0 Å². The number of rotatable bonds is 3. The molecule has 0 unspecified atom stereocenters. The van der Waals surface area contributed by atoms with Gasteiger partial charge in [-0.3, -0.25) is 0 Å². The molecule has 0 nitrogen and oxygen atoms in total. The smallest absolute Gasteiger partial charge is 0.00928 e. The first-order valence-corrected chi connectivity index (χ1v) is 15.3. The molecule has 0 radical (unpaired) electrons. The van der Waals surface area contributed by atoms with Crippen LogP contribution in [0.15, 0.2) is 170 Å².